The summed E-state index contributed by atoms with van der Waals surface area (Å²) < 4.78 is 0. The third-order valence-corrected chi connectivity index (χ3v) is 1.95. The molecule has 0 aliphatic carbocycles. The summed E-state index contributed by atoms with van der Waals surface area (Å²) in [6.07, 6.45) is 0. The molecular weight excluding hydrogens is 154 g/mol. The van der Waals surface area contributed by atoms with Crippen LogP contribution < -0.4 is 0 Å². The van der Waals surface area contributed by atoms with Crippen molar-refractivity contribution in [2.75, 3.05) is 32.8 Å². The fourth-order valence-electron chi connectivity index (χ4n) is 1.21. The molecule has 0 aromatic rings. The van der Waals surface area contributed by atoms with Crippen molar-refractivity contribution in [1.82, 2.24) is 9.80 Å². The summed E-state index contributed by atoms with van der Waals surface area (Å²) in [6.45, 7) is 15.0. The van der Waals surface area contributed by atoms with E-state index < -0.39 is 0 Å². The van der Waals surface area contributed by atoms with Crippen molar-refractivity contribution < 1.29 is 4.79 Å². The molecule has 64 valence electrons. The summed E-state index contributed by atoms with van der Waals surface area (Å²) in [6, 6.07) is 0. The van der Waals surface area contributed by atoms with Gasteiger partial charge in [-0.2, -0.15) is 0 Å². The van der Waals surface area contributed by atoms with Crippen LogP contribution in [-0.2, 0) is 4.79 Å². The van der Waals surface area contributed by atoms with Crippen LogP contribution in [0.3, 0.4) is 0 Å². The lowest BCUT2D eigenvalue weighted by Crippen LogP contribution is -2.47. The first-order chi connectivity index (χ1) is 5.74. The fraction of sp³-hybridized carbons (Fsp3) is 0.625. The molecule has 1 aliphatic rings. The SMILES string of the molecule is [C-]#[N+]CN1CCN(C([CH])=O)CC1. The molecule has 1 rings (SSSR count). The molecule has 1 saturated heterocycles. The zero-order valence-electron chi connectivity index (χ0n) is 6.86. The van der Waals surface area contributed by atoms with E-state index in [2.05, 4.69) is 4.85 Å². The van der Waals surface area contributed by atoms with Gasteiger partial charge < -0.3 is 4.90 Å². The van der Waals surface area contributed by atoms with Crippen molar-refractivity contribution in [1.29, 1.82) is 0 Å². The number of piperazine rings is 1. The van der Waals surface area contributed by atoms with Gasteiger partial charge >= 0.3 is 0 Å². The Hall–Kier alpha value is -1.08. The van der Waals surface area contributed by atoms with E-state index in [0.29, 0.717) is 19.8 Å². The molecule has 0 N–H and O–H groups in total. The minimum absolute atomic E-state index is 0.363. The van der Waals surface area contributed by atoms with Crippen LogP contribution in [0.2, 0.25) is 0 Å². The summed E-state index contributed by atoms with van der Waals surface area (Å²) in [5, 5.41) is 0. The van der Waals surface area contributed by atoms with E-state index in [0.717, 1.165) is 13.1 Å². The maximum Gasteiger partial charge on any atom is 0.270 e. The van der Waals surface area contributed by atoms with Gasteiger partial charge in [-0.1, -0.05) is 0 Å². The van der Waals surface area contributed by atoms with Crippen LogP contribution in [0.25, 0.3) is 4.85 Å². The zero-order chi connectivity index (χ0) is 8.97. The molecule has 1 fully saturated rings. The van der Waals surface area contributed by atoms with E-state index in [-0.39, 0.29) is 5.91 Å². The van der Waals surface area contributed by atoms with Gasteiger partial charge in [-0.15, -0.1) is 0 Å². The number of carbonyl (C=O) groups excluding carboxylic acids is 1. The van der Waals surface area contributed by atoms with E-state index in [1.807, 2.05) is 4.90 Å². The van der Waals surface area contributed by atoms with Gasteiger partial charge in [0.15, 0.2) is 0 Å². The van der Waals surface area contributed by atoms with E-state index >= 15 is 0 Å². The lowest BCUT2D eigenvalue weighted by molar-refractivity contribution is -0.127. The van der Waals surface area contributed by atoms with Gasteiger partial charge in [0.25, 0.3) is 6.67 Å². The molecule has 0 unspecified atom stereocenters. The molecule has 2 radical (unpaired) electrons. The van der Waals surface area contributed by atoms with E-state index in [1.54, 1.807) is 4.90 Å². The van der Waals surface area contributed by atoms with Crippen molar-refractivity contribution in [3.8, 4) is 0 Å². The number of hydrogen-bond acceptors (Lipinski definition) is 2. The number of hydrogen-bond donors (Lipinski definition) is 0. The summed E-state index contributed by atoms with van der Waals surface area (Å²) in [5.74, 6) is -0.363. The fourth-order valence-corrected chi connectivity index (χ4v) is 1.21. The molecule has 1 aliphatic heterocycles. The van der Waals surface area contributed by atoms with E-state index in [4.69, 9.17) is 13.5 Å². The zero-order valence-corrected chi connectivity index (χ0v) is 6.86. The molecule has 0 saturated carbocycles. The van der Waals surface area contributed by atoms with Crippen LogP contribution in [0.1, 0.15) is 0 Å². The Balaban J connectivity index is 2.30. The maximum atomic E-state index is 10.7. The number of rotatable bonds is 1. The Bertz CT molecular complexity index is 201. The second kappa shape index (κ2) is 4.07. The number of amides is 1. The Morgan fingerprint density at radius 1 is 1.42 bits per heavy atom. The first kappa shape index (κ1) is 9.01. The molecule has 1 heterocycles. The van der Waals surface area contributed by atoms with Gasteiger partial charge in [-0.25, -0.2) is 11.5 Å². The van der Waals surface area contributed by atoms with Crippen molar-refractivity contribution in [2.45, 2.75) is 0 Å². The molecule has 4 heteroatoms. The van der Waals surface area contributed by atoms with Crippen LogP contribution in [0.5, 0.6) is 0 Å². The Morgan fingerprint density at radius 2 is 2.00 bits per heavy atom. The number of carbonyl (C=O) groups is 1. The molecule has 4 nitrogen and oxygen atoms in total. The average molecular weight is 165 g/mol. The minimum atomic E-state index is -0.363. The van der Waals surface area contributed by atoms with Gasteiger partial charge in [0, 0.05) is 26.2 Å². The predicted molar refractivity (Wildman–Crippen MR) is 43.9 cm³/mol. The quantitative estimate of drug-likeness (QED) is 0.500. The molecule has 0 atom stereocenters. The smallest absolute Gasteiger partial charge is 0.270 e. The van der Waals surface area contributed by atoms with Gasteiger partial charge in [0.2, 0.25) is 5.91 Å². The van der Waals surface area contributed by atoms with Crippen molar-refractivity contribution in [2.24, 2.45) is 0 Å². The highest BCUT2D eigenvalue weighted by molar-refractivity contribution is 5.80. The van der Waals surface area contributed by atoms with Gasteiger partial charge in [-0.3, -0.25) is 9.64 Å². The highest BCUT2D eigenvalue weighted by Gasteiger charge is 2.19. The number of nitrogens with zero attached hydrogens (tertiary/aromatic N) is 3. The van der Waals surface area contributed by atoms with Crippen molar-refractivity contribution in [3.63, 3.8) is 0 Å². The molecule has 0 aromatic heterocycles. The first-order valence-corrected chi connectivity index (χ1v) is 3.84. The Morgan fingerprint density at radius 3 is 2.42 bits per heavy atom. The van der Waals surface area contributed by atoms with Crippen LogP contribution >= 0.6 is 0 Å². The highest BCUT2D eigenvalue weighted by atomic mass is 16.2. The standard InChI is InChI=1S/C8H11N3O/c1-8(12)11-5-3-10(4-6-11)7-9-2/h1H,3-7H2. The predicted octanol–water partition coefficient (Wildman–Crippen LogP) is -0.282. The summed E-state index contributed by atoms with van der Waals surface area (Å²) in [5.41, 5.74) is 0. The first-order valence-electron chi connectivity index (χ1n) is 3.84. The molecule has 0 aromatic carbocycles. The van der Waals surface area contributed by atoms with Gasteiger partial charge in [0.05, 0.1) is 6.92 Å². The van der Waals surface area contributed by atoms with Gasteiger partial charge in [0.1, 0.15) is 0 Å². The third kappa shape index (κ3) is 2.21. The highest BCUT2D eigenvalue weighted by Crippen LogP contribution is 2.00. The van der Waals surface area contributed by atoms with Crippen LogP contribution in [0, 0.1) is 13.5 Å². The van der Waals surface area contributed by atoms with Crippen LogP contribution in [0.15, 0.2) is 0 Å². The lowest BCUT2D eigenvalue weighted by Gasteiger charge is -2.30. The maximum absolute atomic E-state index is 10.7. The molecule has 0 bridgehead atoms. The summed E-state index contributed by atoms with van der Waals surface area (Å²) in [7, 11) is 0. The topological polar surface area (TPSA) is 27.9 Å². The van der Waals surface area contributed by atoms with Crippen LogP contribution in [0.4, 0.5) is 0 Å². The second-order valence-corrected chi connectivity index (χ2v) is 2.74. The minimum Gasteiger partial charge on any atom is -0.340 e. The second-order valence-electron chi connectivity index (χ2n) is 2.74. The molecule has 0 spiro atoms. The Labute approximate surface area is 72.6 Å². The molecule has 1 amide bonds. The van der Waals surface area contributed by atoms with E-state index in [1.165, 1.54) is 0 Å². The molecular formula is C8H11N3O. The monoisotopic (exact) mass is 165 g/mol. The average Bonchev–Trinajstić information content (AvgIpc) is 2.06. The largest absolute Gasteiger partial charge is 0.340 e. The van der Waals surface area contributed by atoms with E-state index in [9.17, 15) is 4.79 Å². The molecule has 12 heavy (non-hydrogen) atoms. The normalized spacial score (nSPS) is 18.8. The third-order valence-electron chi connectivity index (χ3n) is 1.95. The van der Waals surface area contributed by atoms with Gasteiger partial charge in [-0.05, 0) is 0 Å². The van der Waals surface area contributed by atoms with Crippen LogP contribution in [-0.4, -0.2) is 48.6 Å². The summed E-state index contributed by atoms with van der Waals surface area (Å²) >= 11 is 0. The van der Waals surface area contributed by atoms with Crippen molar-refractivity contribution in [3.05, 3.63) is 18.3 Å². The summed E-state index contributed by atoms with van der Waals surface area (Å²) in [4.78, 5) is 17.6. The Kier molecular flexibility index (Phi) is 3.06. The van der Waals surface area contributed by atoms with Crippen molar-refractivity contribution >= 4 is 5.91 Å². The lowest BCUT2D eigenvalue weighted by atomic mass is 10.3.